The molecule has 1 heterocycles. The van der Waals surface area contributed by atoms with Gasteiger partial charge in [-0.05, 0) is 18.9 Å². The molecule has 0 amide bonds. The molecule has 1 aromatic rings. The van der Waals surface area contributed by atoms with E-state index in [1.165, 1.54) is 19.4 Å². The van der Waals surface area contributed by atoms with E-state index in [-0.39, 0.29) is 16.6 Å². The van der Waals surface area contributed by atoms with Crippen LogP contribution in [0.3, 0.4) is 0 Å². The summed E-state index contributed by atoms with van der Waals surface area (Å²) in [4.78, 5) is 11.6. The summed E-state index contributed by atoms with van der Waals surface area (Å²) >= 11 is 0. The van der Waals surface area contributed by atoms with E-state index in [9.17, 15) is 13.2 Å². The Labute approximate surface area is 110 Å². The summed E-state index contributed by atoms with van der Waals surface area (Å²) in [6.07, 6.45) is 5.43. The second-order valence-corrected chi connectivity index (χ2v) is 6.90. The van der Waals surface area contributed by atoms with Crippen molar-refractivity contribution in [2.45, 2.75) is 36.6 Å². The van der Waals surface area contributed by atoms with Crippen molar-refractivity contribution in [1.82, 2.24) is 4.57 Å². The van der Waals surface area contributed by atoms with Crippen LogP contribution in [0.4, 0.5) is 0 Å². The van der Waals surface area contributed by atoms with Gasteiger partial charge in [-0.3, -0.25) is 0 Å². The first-order valence-corrected chi connectivity index (χ1v) is 7.99. The van der Waals surface area contributed by atoms with Gasteiger partial charge in [-0.1, -0.05) is 12.8 Å². The molecule has 5 nitrogen and oxygen atoms in total. The summed E-state index contributed by atoms with van der Waals surface area (Å²) in [6, 6.07) is 1.42. The minimum absolute atomic E-state index is 0.0588. The molecule has 1 saturated carbocycles. The van der Waals surface area contributed by atoms with Crippen molar-refractivity contribution in [2.24, 2.45) is 0 Å². The number of nitrogens with zero attached hydrogens (tertiary/aromatic N) is 1. The number of carbonyl (C=O) groups is 1. The lowest BCUT2D eigenvalue weighted by Crippen LogP contribution is -2.13. The van der Waals surface area contributed by atoms with Crippen LogP contribution in [-0.4, -0.2) is 26.1 Å². The second kappa shape index (κ2) is 4.93. The number of carbonyl (C=O) groups excluding carboxylic acids is 1. The lowest BCUT2D eigenvalue weighted by atomic mass is 10.2. The van der Waals surface area contributed by atoms with Crippen LogP contribution in [0.15, 0.2) is 17.2 Å². The Morgan fingerprint density at radius 3 is 2.56 bits per heavy atom. The van der Waals surface area contributed by atoms with Gasteiger partial charge in [-0.15, -0.1) is 0 Å². The quantitative estimate of drug-likeness (QED) is 0.633. The van der Waals surface area contributed by atoms with Crippen LogP contribution in [0.25, 0.3) is 0 Å². The van der Waals surface area contributed by atoms with Crippen LogP contribution < -0.4 is 0 Å². The first-order valence-electron chi connectivity index (χ1n) is 5.68. The van der Waals surface area contributed by atoms with Gasteiger partial charge in [0.25, 0.3) is 9.05 Å². The Hall–Kier alpha value is -1.01. The molecule has 1 aliphatic carbocycles. The minimum atomic E-state index is -3.83. The van der Waals surface area contributed by atoms with Gasteiger partial charge >= 0.3 is 5.97 Å². The number of halogens is 1. The Balaban J connectivity index is 2.48. The Morgan fingerprint density at radius 1 is 1.44 bits per heavy atom. The Bertz CT molecular complexity index is 558. The molecule has 1 aliphatic rings. The lowest BCUT2D eigenvalue weighted by Gasteiger charge is -2.14. The van der Waals surface area contributed by atoms with E-state index in [1.807, 2.05) is 0 Å². The fourth-order valence-electron chi connectivity index (χ4n) is 2.34. The van der Waals surface area contributed by atoms with Gasteiger partial charge in [0.2, 0.25) is 0 Å². The molecular weight excluding hydrogens is 278 g/mol. The van der Waals surface area contributed by atoms with Crippen LogP contribution in [0.1, 0.15) is 42.2 Å². The predicted octanol–water partition coefficient (Wildman–Crippen LogP) is 2.32. The maximum Gasteiger partial charge on any atom is 0.354 e. The summed E-state index contributed by atoms with van der Waals surface area (Å²) in [5.74, 6) is -0.548. The molecule has 1 aromatic heterocycles. The number of hydrogen-bond donors (Lipinski definition) is 0. The molecule has 0 saturated heterocycles. The van der Waals surface area contributed by atoms with E-state index in [0.29, 0.717) is 0 Å². The third-order valence-electron chi connectivity index (χ3n) is 3.22. The SMILES string of the molecule is COC(=O)c1cc(S(=O)(=O)Cl)cn1C1CCCC1. The van der Waals surface area contributed by atoms with E-state index in [0.717, 1.165) is 25.7 Å². The summed E-state index contributed by atoms with van der Waals surface area (Å²) in [7, 11) is 2.74. The highest BCUT2D eigenvalue weighted by atomic mass is 35.7. The van der Waals surface area contributed by atoms with Crippen molar-refractivity contribution in [2.75, 3.05) is 7.11 Å². The first kappa shape index (κ1) is 13.4. The normalized spacial score (nSPS) is 17.0. The van der Waals surface area contributed by atoms with Crippen molar-refractivity contribution >= 4 is 25.7 Å². The summed E-state index contributed by atoms with van der Waals surface area (Å²) < 4.78 is 29.0. The highest BCUT2D eigenvalue weighted by molar-refractivity contribution is 8.13. The van der Waals surface area contributed by atoms with Gasteiger partial charge in [0, 0.05) is 22.9 Å². The maximum atomic E-state index is 11.7. The average molecular weight is 292 g/mol. The zero-order valence-corrected chi connectivity index (χ0v) is 11.5. The van der Waals surface area contributed by atoms with Gasteiger partial charge in [-0.25, -0.2) is 13.2 Å². The molecule has 1 fully saturated rings. The number of ether oxygens (including phenoxy) is 1. The maximum absolute atomic E-state index is 11.7. The highest BCUT2D eigenvalue weighted by Crippen LogP contribution is 2.33. The smallest absolute Gasteiger partial charge is 0.354 e. The van der Waals surface area contributed by atoms with Crippen molar-refractivity contribution in [3.8, 4) is 0 Å². The predicted molar refractivity (Wildman–Crippen MR) is 66.3 cm³/mol. The standard InChI is InChI=1S/C11H14ClNO4S/c1-17-11(14)10-6-9(18(12,15)16)7-13(10)8-4-2-3-5-8/h6-8H,2-5H2,1H3. The van der Waals surface area contributed by atoms with Crippen LogP contribution in [-0.2, 0) is 13.8 Å². The topological polar surface area (TPSA) is 65.4 Å². The van der Waals surface area contributed by atoms with E-state index >= 15 is 0 Å². The molecule has 7 heteroatoms. The number of methoxy groups -OCH3 is 1. The third-order valence-corrected chi connectivity index (χ3v) is 4.54. The molecule has 18 heavy (non-hydrogen) atoms. The van der Waals surface area contributed by atoms with Crippen LogP contribution >= 0.6 is 10.7 Å². The van der Waals surface area contributed by atoms with Gasteiger partial charge < -0.3 is 9.30 Å². The number of rotatable bonds is 3. The van der Waals surface area contributed by atoms with Crippen molar-refractivity contribution < 1.29 is 17.9 Å². The average Bonchev–Trinajstić information content (AvgIpc) is 2.94. The fraction of sp³-hybridized carbons (Fsp3) is 0.545. The van der Waals surface area contributed by atoms with Gasteiger partial charge in [0.1, 0.15) is 10.6 Å². The molecule has 0 radical (unpaired) electrons. The number of esters is 1. The molecule has 0 aromatic carbocycles. The Morgan fingerprint density at radius 2 is 2.06 bits per heavy atom. The lowest BCUT2D eigenvalue weighted by molar-refractivity contribution is 0.0586. The monoisotopic (exact) mass is 291 g/mol. The van der Waals surface area contributed by atoms with E-state index < -0.39 is 15.0 Å². The molecule has 100 valence electrons. The molecular formula is C11H14ClNO4S. The molecule has 0 aliphatic heterocycles. The zero-order valence-electron chi connectivity index (χ0n) is 9.93. The summed E-state index contributed by atoms with van der Waals surface area (Å²) in [6.45, 7) is 0. The van der Waals surface area contributed by atoms with Crippen molar-refractivity contribution in [3.05, 3.63) is 18.0 Å². The molecule has 0 spiro atoms. The van der Waals surface area contributed by atoms with Gasteiger partial charge in [-0.2, -0.15) is 0 Å². The van der Waals surface area contributed by atoms with Crippen LogP contribution in [0.2, 0.25) is 0 Å². The van der Waals surface area contributed by atoms with Crippen LogP contribution in [0, 0.1) is 0 Å². The van der Waals surface area contributed by atoms with Crippen molar-refractivity contribution in [1.29, 1.82) is 0 Å². The number of aromatic nitrogens is 1. The Kier molecular flexibility index (Phi) is 3.68. The highest BCUT2D eigenvalue weighted by Gasteiger charge is 2.26. The van der Waals surface area contributed by atoms with E-state index in [4.69, 9.17) is 10.7 Å². The molecule has 0 N–H and O–H groups in total. The van der Waals surface area contributed by atoms with E-state index in [2.05, 4.69) is 4.74 Å². The molecule has 2 rings (SSSR count). The van der Waals surface area contributed by atoms with Gasteiger partial charge in [0.15, 0.2) is 0 Å². The molecule has 0 atom stereocenters. The fourth-order valence-corrected chi connectivity index (χ4v) is 3.08. The molecule has 0 bridgehead atoms. The van der Waals surface area contributed by atoms with E-state index in [1.54, 1.807) is 4.57 Å². The summed E-state index contributed by atoms with van der Waals surface area (Å²) in [5.41, 5.74) is 0.239. The third kappa shape index (κ3) is 2.54. The number of hydrogen-bond acceptors (Lipinski definition) is 4. The first-order chi connectivity index (χ1) is 8.43. The second-order valence-electron chi connectivity index (χ2n) is 4.34. The summed E-state index contributed by atoms with van der Waals surface area (Å²) in [5, 5.41) is 0. The van der Waals surface area contributed by atoms with Crippen molar-refractivity contribution in [3.63, 3.8) is 0 Å². The zero-order chi connectivity index (χ0) is 13.3. The van der Waals surface area contributed by atoms with Crippen LogP contribution in [0.5, 0.6) is 0 Å². The molecule has 0 unspecified atom stereocenters. The van der Waals surface area contributed by atoms with Gasteiger partial charge in [0.05, 0.1) is 7.11 Å². The minimum Gasteiger partial charge on any atom is -0.464 e. The largest absolute Gasteiger partial charge is 0.464 e.